The van der Waals surface area contributed by atoms with Crippen LogP contribution in [0.4, 0.5) is 11.4 Å². The molecule has 0 heterocycles. The molecule has 2 aromatic rings. The molecule has 20 heavy (non-hydrogen) atoms. The molecule has 0 atom stereocenters. The number of hydrogen-bond donors (Lipinski definition) is 2. The van der Waals surface area contributed by atoms with Crippen molar-refractivity contribution >= 4 is 50.7 Å². The molecule has 2 N–H and O–H groups in total. The quantitative estimate of drug-likeness (QED) is 0.809. The average Bonchev–Trinajstić information content (AvgIpc) is 2.41. The predicted molar refractivity (Wildman–Crippen MR) is 82.9 cm³/mol. The standard InChI is InChI=1S/C14H10BrClN2O2/c15-11-6-1-2-7-12(11)18-14(20)13(19)17-10-5-3-4-9(16)8-10/h1-8H,(H,17,19)(H,18,20). The summed E-state index contributed by atoms with van der Waals surface area (Å²) in [6.45, 7) is 0. The third kappa shape index (κ3) is 3.82. The Labute approximate surface area is 129 Å². The summed E-state index contributed by atoms with van der Waals surface area (Å²) in [6.07, 6.45) is 0. The fourth-order valence-electron chi connectivity index (χ4n) is 1.50. The highest BCUT2D eigenvalue weighted by atomic mass is 79.9. The van der Waals surface area contributed by atoms with Gasteiger partial charge in [0, 0.05) is 15.2 Å². The zero-order valence-electron chi connectivity index (χ0n) is 10.2. The van der Waals surface area contributed by atoms with E-state index < -0.39 is 11.8 Å². The number of hydrogen-bond acceptors (Lipinski definition) is 2. The van der Waals surface area contributed by atoms with Gasteiger partial charge in [-0.2, -0.15) is 0 Å². The Bertz CT molecular complexity index is 661. The van der Waals surface area contributed by atoms with Gasteiger partial charge in [-0.3, -0.25) is 9.59 Å². The van der Waals surface area contributed by atoms with Gasteiger partial charge in [-0.05, 0) is 46.3 Å². The molecule has 0 spiro atoms. The van der Waals surface area contributed by atoms with Crippen LogP contribution in [0.2, 0.25) is 5.02 Å². The van der Waals surface area contributed by atoms with Gasteiger partial charge in [0.2, 0.25) is 0 Å². The lowest BCUT2D eigenvalue weighted by Gasteiger charge is -2.08. The van der Waals surface area contributed by atoms with Crippen molar-refractivity contribution in [2.75, 3.05) is 10.6 Å². The molecular weight excluding hydrogens is 344 g/mol. The molecular formula is C14H10BrClN2O2. The van der Waals surface area contributed by atoms with Gasteiger partial charge in [0.1, 0.15) is 0 Å². The zero-order valence-corrected chi connectivity index (χ0v) is 12.5. The van der Waals surface area contributed by atoms with Crippen LogP contribution in [-0.2, 0) is 9.59 Å². The highest BCUT2D eigenvalue weighted by Gasteiger charge is 2.15. The minimum atomic E-state index is -0.761. The third-order valence-electron chi connectivity index (χ3n) is 2.41. The molecule has 0 aliphatic carbocycles. The summed E-state index contributed by atoms with van der Waals surface area (Å²) in [5.74, 6) is -1.51. The number of rotatable bonds is 2. The van der Waals surface area contributed by atoms with Gasteiger partial charge in [-0.1, -0.05) is 29.8 Å². The van der Waals surface area contributed by atoms with Crippen molar-refractivity contribution in [2.45, 2.75) is 0 Å². The van der Waals surface area contributed by atoms with Gasteiger partial charge in [0.25, 0.3) is 0 Å². The molecule has 0 radical (unpaired) electrons. The molecule has 6 heteroatoms. The van der Waals surface area contributed by atoms with Crippen LogP contribution in [-0.4, -0.2) is 11.8 Å². The van der Waals surface area contributed by atoms with Gasteiger partial charge in [0.05, 0.1) is 5.69 Å². The normalized spacial score (nSPS) is 9.90. The number of para-hydroxylation sites is 1. The molecule has 0 bridgehead atoms. The second kappa shape index (κ2) is 6.54. The van der Waals surface area contributed by atoms with Crippen LogP contribution in [0.15, 0.2) is 53.0 Å². The predicted octanol–water partition coefficient (Wildman–Crippen LogP) is 3.68. The number of anilines is 2. The van der Waals surface area contributed by atoms with E-state index in [0.29, 0.717) is 20.9 Å². The molecule has 4 nitrogen and oxygen atoms in total. The molecule has 102 valence electrons. The Kier molecular flexibility index (Phi) is 4.76. The van der Waals surface area contributed by atoms with Crippen molar-refractivity contribution in [3.63, 3.8) is 0 Å². The minimum Gasteiger partial charge on any atom is -0.318 e. The summed E-state index contributed by atoms with van der Waals surface area (Å²) in [5, 5.41) is 5.47. The van der Waals surface area contributed by atoms with Crippen molar-refractivity contribution in [1.82, 2.24) is 0 Å². The van der Waals surface area contributed by atoms with E-state index in [9.17, 15) is 9.59 Å². The number of carbonyl (C=O) groups excluding carboxylic acids is 2. The monoisotopic (exact) mass is 352 g/mol. The summed E-state index contributed by atoms with van der Waals surface area (Å²) >= 11 is 9.09. The average molecular weight is 354 g/mol. The second-order valence-electron chi connectivity index (χ2n) is 3.90. The SMILES string of the molecule is O=C(Nc1cccc(Cl)c1)C(=O)Nc1ccccc1Br. The zero-order chi connectivity index (χ0) is 14.5. The van der Waals surface area contributed by atoms with Crippen molar-refractivity contribution in [1.29, 1.82) is 0 Å². The molecule has 0 aliphatic rings. The maximum absolute atomic E-state index is 11.8. The van der Waals surface area contributed by atoms with Crippen molar-refractivity contribution < 1.29 is 9.59 Å². The van der Waals surface area contributed by atoms with Crippen LogP contribution in [0, 0.1) is 0 Å². The van der Waals surface area contributed by atoms with E-state index in [1.807, 2.05) is 6.07 Å². The number of benzene rings is 2. The lowest BCUT2D eigenvalue weighted by Crippen LogP contribution is -2.29. The smallest absolute Gasteiger partial charge is 0.314 e. The molecule has 0 saturated heterocycles. The molecule has 0 aliphatic heterocycles. The molecule has 0 aromatic heterocycles. The van der Waals surface area contributed by atoms with Gasteiger partial charge in [-0.15, -0.1) is 0 Å². The molecule has 0 saturated carbocycles. The van der Waals surface area contributed by atoms with Crippen LogP contribution in [0.1, 0.15) is 0 Å². The third-order valence-corrected chi connectivity index (χ3v) is 3.34. The lowest BCUT2D eigenvalue weighted by molar-refractivity contribution is -0.133. The van der Waals surface area contributed by atoms with Gasteiger partial charge < -0.3 is 10.6 Å². The van der Waals surface area contributed by atoms with Gasteiger partial charge >= 0.3 is 11.8 Å². The number of amides is 2. The fourth-order valence-corrected chi connectivity index (χ4v) is 2.07. The second-order valence-corrected chi connectivity index (χ2v) is 5.19. The van der Waals surface area contributed by atoms with Crippen molar-refractivity contribution in [2.24, 2.45) is 0 Å². The van der Waals surface area contributed by atoms with Crippen LogP contribution >= 0.6 is 27.5 Å². The molecule has 0 fully saturated rings. The molecule has 2 aromatic carbocycles. The van der Waals surface area contributed by atoms with E-state index >= 15 is 0 Å². The maximum Gasteiger partial charge on any atom is 0.314 e. The van der Waals surface area contributed by atoms with Crippen molar-refractivity contribution in [3.05, 3.63) is 58.0 Å². The van der Waals surface area contributed by atoms with E-state index in [1.165, 1.54) is 0 Å². The van der Waals surface area contributed by atoms with Gasteiger partial charge in [-0.25, -0.2) is 0 Å². The van der Waals surface area contributed by atoms with E-state index in [1.54, 1.807) is 42.5 Å². The Morgan fingerprint density at radius 1 is 0.950 bits per heavy atom. The van der Waals surface area contributed by atoms with E-state index in [-0.39, 0.29) is 0 Å². The minimum absolute atomic E-state index is 0.463. The fraction of sp³-hybridized carbons (Fsp3) is 0. The van der Waals surface area contributed by atoms with Crippen LogP contribution in [0.5, 0.6) is 0 Å². The highest BCUT2D eigenvalue weighted by Crippen LogP contribution is 2.21. The Hall–Kier alpha value is -1.85. The first kappa shape index (κ1) is 14.6. The maximum atomic E-state index is 11.8. The lowest BCUT2D eigenvalue weighted by atomic mass is 10.3. The largest absolute Gasteiger partial charge is 0.318 e. The Morgan fingerprint density at radius 2 is 1.65 bits per heavy atom. The van der Waals surface area contributed by atoms with Crippen LogP contribution in [0.25, 0.3) is 0 Å². The van der Waals surface area contributed by atoms with Crippen LogP contribution < -0.4 is 10.6 Å². The molecule has 0 unspecified atom stereocenters. The summed E-state index contributed by atoms with van der Waals surface area (Å²) in [4.78, 5) is 23.5. The Morgan fingerprint density at radius 3 is 2.35 bits per heavy atom. The summed E-state index contributed by atoms with van der Waals surface area (Å²) in [5.41, 5.74) is 0.989. The highest BCUT2D eigenvalue weighted by molar-refractivity contribution is 9.10. The first-order valence-electron chi connectivity index (χ1n) is 5.68. The summed E-state index contributed by atoms with van der Waals surface area (Å²) in [7, 11) is 0. The number of carbonyl (C=O) groups is 2. The first-order valence-corrected chi connectivity index (χ1v) is 6.86. The topological polar surface area (TPSA) is 58.2 Å². The van der Waals surface area contributed by atoms with Crippen molar-refractivity contribution in [3.8, 4) is 0 Å². The van der Waals surface area contributed by atoms with Gasteiger partial charge in [0.15, 0.2) is 0 Å². The van der Waals surface area contributed by atoms with E-state index in [4.69, 9.17) is 11.6 Å². The number of nitrogens with one attached hydrogen (secondary N) is 2. The van der Waals surface area contributed by atoms with E-state index in [0.717, 1.165) is 0 Å². The first-order chi connectivity index (χ1) is 9.56. The molecule has 2 amide bonds. The summed E-state index contributed by atoms with van der Waals surface area (Å²) in [6, 6.07) is 13.6. The Balaban J connectivity index is 2.03. The molecule has 2 rings (SSSR count). The summed E-state index contributed by atoms with van der Waals surface area (Å²) < 4.78 is 0.698. The number of halogens is 2. The van der Waals surface area contributed by atoms with Crippen LogP contribution in [0.3, 0.4) is 0 Å². The van der Waals surface area contributed by atoms with E-state index in [2.05, 4.69) is 26.6 Å².